The van der Waals surface area contributed by atoms with Crippen molar-refractivity contribution >= 4 is 11.8 Å². The van der Waals surface area contributed by atoms with E-state index < -0.39 is 0 Å². The summed E-state index contributed by atoms with van der Waals surface area (Å²) in [5.41, 5.74) is 5.76. The Labute approximate surface area is 82.5 Å². The topological polar surface area (TPSA) is 26.0 Å². The number of nitrogens with two attached hydrogens (primary N) is 1. The minimum Gasteiger partial charge on any atom is -0.327 e. The molecule has 0 aromatic heterocycles. The lowest BCUT2D eigenvalue weighted by atomic mass is 10.3. The van der Waals surface area contributed by atoms with Crippen molar-refractivity contribution < 1.29 is 4.39 Å². The van der Waals surface area contributed by atoms with E-state index in [1.807, 2.05) is 0 Å². The smallest absolute Gasteiger partial charge is 0.123 e. The maximum Gasteiger partial charge on any atom is 0.123 e. The molecular weight excluding hydrogens is 185 g/mol. The Morgan fingerprint density at radius 1 is 1.38 bits per heavy atom. The molecule has 2 N–H and O–H groups in total. The van der Waals surface area contributed by atoms with Gasteiger partial charge in [0.2, 0.25) is 0 Å². The van der Waals surface area contributed by atoms with Crippen LogP contribution >= 0.6 is 11.8 Å². The van der Waals surface area contributed by atoms with Gasteiger partial charge in [0.1, 0.15) is 5.82 Å². The van der Waals surface area contributed by atoms with Crippen LogP contribution in [0, 0.1) is 5.82 Å². The van der Waals surface area contributed by atoms with E-state index in [4.69, 9.17) is 5.73 Å². The molecule has 3 heteroatoms. The van der Waals surface area contributed by atoms with Gasteiger partial charge >= 0.3 is 0 Å². The lowest BCUT2D eigenvalue weighted by Gasteiger charge is -2.07. The van der Waals surface area contributed by atoms with Gasteiger partial charge in [-0.05, 0) is 30.7 Å². The Bertz CT molecular complexity index is 248. The van der Waals surface area contributed by atoms with E-state index in [-0.39, 0.29) is 11.9 Å². The van der Waals surface area contributed by atoms with Crippen LogP contribution in [-0.2, 0) is 0 Å². The van der Waals surface area contributed by atoms with Gasteiger partial charge in [0.05, 0.1) is 0 Å². The van der Waals surface area contributed by atoms with E-state index in [0.29, 0.717) is 0 Å². The van der Waals surface area contributed by atoms with Crippen molar-refractivity contribution in [3.8, 4) is 0 Å². The van der Waals surface area contributed by atoms with E-state index in [1.165, 1.54) is 12.1 Å². The number of rotatable bonds is 4. The van der Waals surface area contributed by atoms with E-state index in [0.717, 1.165) is 17.1 Å². The molecule has 0 amide bonds. The highest BCUT2D eigenvalue weighted by molar-refractivity contribution is 7.99. The summed E-state index contributed by atoms with van der Waals surface area (Å²) in [6.45, 7) is 2.07. The molecule has 13 heavy (non-hydrogen) atoms. The van der Waals surface area contributed by atoms with Gasteiger partial charge in [-0.1, -0.05) is 6.92 Å². The molecule has 0 unspecified atom stereocenters. The first kappa shape index (κ1) is 10.5. The van der Waals surface area contributed by atoms with Crippen molar-refractivity contribution in [2.45, 2.75) is 24.3 Å². The number of thioether (sulfide) groups is 1. The van der Waals surface area contributed by atoms with Crippen LogP contribution in [0.4, 0.5) is 4.39 Å². The molecule has 0 aliphatic carbocycles. The van der Waals surface area contributed by atoms with E-state index in [9.17, 15) is 4.39 Å². The van der Waals surface area contributed by atoms with Gasteiger partial charge in [-0.2, -0.15) is 0 Å². The molecule has 1 aromatic rings. The van der Waals surface area contributed by atoms with Crippen LogP contribution in [0.3, 0.4) is 0 Å². The lowest BCUT2D eigenvalue weighted by molar-refractivity contribution is 0.626. The number of hydrogen-bond donors (Lipinski definition) is 1. The van der Waals surface area contributed by atoms with Crippen molar-refractivity contribution in [3.05, 3.63) is 30.1 Å². The molecule has 1 rings (SSSR count). The van der Waals surface area contributed by atoms with Gasteiger partial charge in [0.15, 0.2) is 0 Å². The summed E-state index contributed by atoms with van der Waals surface area (Å²) < 4.78 is 12.5. The zero-order valence-corrected chi connectivity index (χ0v) is 8.48. The zero-order valence-electron chi connectivity index (χ0n) is 7.66. The second-order valence-corrected chi connectivity index (χ2v) is 4.03. The second kappa shape index (κ2) is 5.25. The van der Waals surface area contributed by atoms with Crippen molar-refractivity contribution in [2.75, 3.05) is 5.75 Å². The number of hydrogen-bond acceptors (Lipinski definition) is 2. The van der Waals surface area contributed by atoms with Gasteiger partial charge < -0.3 is 5.73 Å². The van der Waals surface area contributed by atoms with Crippen molar-refractivity contribution in [1.29, 1.82) is 0 Å². The second-order valence-electron chi connectivity index (χ2n) is 2.93. The third-order valence-electron chi connectivity index (χ3n) is 1.80. The number of benzene rings is 1. The molecule has 0 heterocycles. The summed E-state index contributed by atoms with van der Waals surface area (Å²) in [6, 6.07) is 6.74. The minimum absolute atomic E-state index is 0.191. The highest BCUT2D eigenvalue weighted by Gasteiger charge is 2.00. The van der Waals surface area contributed by atoms with Gasteiger partial charge in [-0.15, -0.1) is 11.8 Å². The average molecular weight is 199 g/mol. The summed E-state index contributed by atoms with van der Waals surface area (Å²) in [5, 5.41) is 0. The fourth-order valence-corrected chi connectivity index (χ4v) is 1.82. The molecule has 1 atom stereocenters. The molecule has 1 aromatic carbocycles. The van der Waals surface area contributed by atoms with E-state index in [1.54, 1.807) is 23.9 Å². The standard InChI is InChI=1S/C10H14FNS/c1-2-9(12)7-13-10-5-3-8(11)4-6-10/h3-6,9H,2,7,12H2,1H3/t9-/m0/s1. The quantitative estimate of drug-likeness (QED) is 0.754. The van der Waals surface area contributed by atoms with Crippen LogP contribution in [0.25, 0.3) is 0 Å². The fraction of sp³-hybridized carbons (Fsp3) is 0.400. The Kier molecular flexibility index (Phi) is 4.25. The van der Waals surface area contributed by atoms with E-state index >= 15 is 0 Å². The zero-order chi connectivity index (χ0) is 9.68. The van der Waals surface area contributed by atoms with Gasteiger partial charge in [0.25, 0.3) is 0 Å². The Balaban J connectivity index is 2.41. The van der Waals surface area contributed by atoms with Crippen molar-refractivity contribution in [3.63, 3.8) is 0 Å². The summed E-state index contributed by atoms with van der Waals surface area (Å²) in [4.78, 5) is 1.07. The molecule has 0 saturated carbocycles. The third-order valence-corrected chi connectivity index (χ3v) is 3.00. The van der Waals surface area contributed by atoms with Crippen LogP contribution < -0.4 is 5.73 Å². The first-order valence-electron chi connectivity index (χ1n) is 4.36. The lowest BCUT2D eigenvalue weighted by Crippen LogP contribution is -2.21. The van der Waals surface area contributed by atoms with Gasteiger partial charge in [-0.3, -0.25) is 0 Å². The minimum atomic E-state index is -0.191. The van der Waals surface area contributed by atoms with Crippen molar-refractivity contribution in [2.24, 2.45) is 5.73 Å². The molecule has 0 aliphatic rings. The van der Waals surface area contributed by atoms with Crippen molar-refractivity contribution in [1.82, 2.24) is 0 Å². The summed E-state index contributed by atoms with van der Waals surface area (Å²) in [5.74, 6) is 0.700. The largest absolute Gasteiger partial charge is 0.327 e. The average Bonchev–Trinajstić information content (AvgIpc) is 2.16. The predicted molar refractivity (Wildman–Crippen MR) is 55.4 cm³/mol. The first-order chi connectivity index (χ1) is 6.22. The normalized spacial score (nSPS) is 12.8. The predicted octanol–water partition coefficient (Wildman–Crippen LogP) is 2.66. The van der Waals surface area contributed by atoms with Crippen LogP contribution in [0.15, 0.2) is 29.2 Å². The van der Waals surface area contributed by atoms with Gasteiger partial charge in [0, 0.05) is 16.7 Å². The highest BCUT2D eigenvalue weighted by atomic mass is 32.2. The molecule has 0 saturated heterocycles. The first-order valence-corrected chi connectivity index (χ1v) is 5.35. The Hall–Kier alpha value is -0.540. The van der Waals surface area contributed by atoms with Crippen LogP contribution in [-0.4, -0.2) is 11.8 Å². The maximum absolute atomic E-state index is 12.5. The molecular formula is C10H14FNS. The van der Waals surface area contributed by atoms with Crippen LogP contribution in [0.2, 0.25) is 0 Å². The summed E-state index contributed by atoms with van der Waals surface area (Å²) >= 11 is 1.67. The van der Waals surface area contributed by atoms with Crippen LogP contribution in [0.1, 0.15) is 13.3 Å². The molecule has 0 bridgehead atoms. The molecule has 72 valence electrons. The Morgan fingerprint density at radius 2 is 2.00 bits per heavy atom. The summed E-state index contributed by atoms with van der Waals surface area (Å²) in [6.07, 6.45) is 0.980. The molecule has 0 spiro atoms. The molecule has 0 radical (unpaired) electrons. The Morgan fingerprint density at radius 3 is 2.54 bits per heavy atom. The van der Waals surface area contributed by atoms with E-state index in [2.05, 4.69) is 6.92 Å². The SMILES string of the molecule is CC[C@H](N)CSc1ccc(F)cc1. The van der Waals surface area contributed by atoms with Gasteiger partial charge in [-0.25, -0.2) is 4.39 Å². The number of halogens is 1. The maximum atomic E-state index is 12.5. The third kappa shape index (κ3) is 3.79. The highest BCUT2D eigenvalue weighted by Crippen LogP contribution is 2.18. The van der Waals surface area contributed by atoms with Crippen LogP contribution in [0.5, 0.6) is 0 Å². The molecule has 1 nitrogen and oxygen atoms in total. The fourth-order valence-electron chi connectivity index (χ4n) is 0.852. The summed E-state index contributed by atoms with van der Waals surface area (Å²) in [7, 11) is 0. The molecule has 0 fully saturated rings. The monoisotopic (exact) mass is 199 g/mol. The molecule has 0 aliphatic heterocycles.